The highest BCUT2D eigenvalue weighted by atomic mass is 16.1. The molecule has 0 unspecified atom stereocenters. The van der Waals surface area contributed by atoms with E-state index >= 15 is 0 Å². The predicted molar refractivity (Wildman–Crippen MR) is 93.9 cm³/mol. The summed E-state index contributed by atoms with van der Waals surface area (Å²) in [4.78, 5) is 28.0. The Bertz CT molecular complexity index is 1030. The normalized spacial score (nSPS) is 10.9. The largest absolute Gasteiger partial charge is 0.348 e. The van der Waals surface area contributed by atoms with Crippen molar-refractivity contribution < 1.29 is 0 Å². The first-order valence-corrected chi connectivity index (χ1v) is 7.57. The fraction of sp³-hybridized carbons (Fsp3) is 0.0556. The SMILES string of the molecule is Cc1ccc(N(c2ccccc2)c2nc(=O)[nH]c3nc[nH]c23)cc1. The molecule has 24 heavy (non-hydrogen) atoms. The van der Waals surface area contributed by atoms with Gasteiger partial charge >= 0.3 is 5.69 Å². The first-order valence-electron chi connectivity index (χ1n) is 7.57. The third kappa shape index (κ3) is 2.44. The summed E-state index contributed by atoms with van der Waals surface area (Å²) in [5.41, 5.74) is 3.73. The quantitative estimate of drug-likeness (QED) is 0.607. The summed E-state index contributed by atoms with van der Waals surface area (Å²) in [6, 6.07) is 17.9. The Balaban J connectivity index is 2.00. The van der Waals surface area contributed by atoms with E-state index in [-0.39, 0.29) is 0 Å². The fourth-order valence-electron chi connectivity index (χ4n) is 2.67. The summed E-state index contributed by atoms with van der Waals surface area (Å²) in [7, 11) is 0. The molecule has 0 bridgehead atoms. The van der Waals surface area contributed by atoms with Crippen molar-refractivity contribution in [1.29, 1.82) is 0 Å². The second-order valence-electron chi connectivity index (χ2n) is 5.50. The molecule has 0 radical (unpaired) electrons. The molecular formula is C18H15N5O. The second kappa shape index (κ2) is 5.66. The van der Waals surface area contributed by atoms with Gasteiger partial charge in [0.05, 0.1) is 6.33 Å². The molecule has 0 aliphatic heterocycles. The van der Waals surface area contributed by atoms with Gasteiger partial charge in [-0.05, 0) is 31.2 Å². The number of nitrogens with zero attached hydrogens (tertiary/aromatic N) is 3. The summed E-state index contributed by atoms with van der Waals surface area (Å²) in [6.45, 7) is 2.04. The number of nitrogens with one attached hydrogen (secondary N) is 2. The number of hydrogen-bond acceptors (Lipinski definition) is 4. The van der Waals surface area contributed by atoms with Gasteiger partial charge in [0.2, 0.25) is 0 Å². The molecule has 0 spiro atoms. The van der Waals surface area contributed by atoms with E-state index in [2.05, 4.69) is 19.9 Å². The highest BCUT2D eigenvalue weighted by Crippen LogP contribution is 2.35. The third-order valence-corrected chi connectivity index (χ3v) is 3.81. The molecule has 6 heteroatoms. The van der Waals surface area contributed by atoms with Gasteiger partial charge in [-0.15, -0.1) is 0 Å². The van der Waals surface area contributed by atoms with Crippen LogP contribution in [0.5, 0.6) is 0 Å². The lowest BCUT2D eigenvalue weighted by Gasteiger charge is -2.24. The molecule has 0 amide bonds. The van der Waals surface area contributed by atoms with Gasteiger partial charge in [0, 0.05) is 11.4 Å². The van der Waals surface area contributed by atoms with Crippen LogP contribution in [0, 0.1) is 6.92 Å². The van der Waals surface area contributed by atoms with Crippen LogP contribution in [-0.4, -0.2) is 19.9 Å². The Kier molecular flexibility index (Phi) is 3.35. The predicted octanol–water partition coefficient (Wildman–Crippen LogP) is 3.42. The Hall–Kier alpha value is -3.41. The minimum absolute atomic E-state index is 0.433. The van der Waals surface area contributed by atoms with Crippen molar-refractivity contribution in [1.82, 2.24) is 19.9 Å². The van der Waals surface area contributed by atoms with Gasteiger partial charge in [0.25, 0.3) is 0 Å². The van der Waals surface area contributed by atoms with E-state index in [1.807, 2.05) is 66.4 Å². The van der Waals surface area contributed by atoms with Crippen molar-refractivity contribution in [2.45, 2.75) is 6.92 Å². The number of hydrogen-bond donors (Lipinski definition) is 2. The maximum atomic E-state index is 12.0. The molecule has 4 aromatic rings. The molecule has 0 atom stereocenters. The van der Waals surface area contributed by atoms with Crippen LogP contribution in [0.25, 0.3) is 11.2 Å². The van der Waals surface area contributed by atoms with Crippen LogP contribution < -0.4 is 10.6 Å². The van der Waals surface area contributed by atoms with E-state index < -0.39 is 5.69 Å². The van der Waals surface area contributed by atoms with Crippen molar-refractivity contribution in [2.75, 3.05) is 4.90 Å². The minimum Gasteiger partial charge on any atom is -0.340 e. The summed E-state index contributed by atoms with van der Waals surface area (Å²) < 4.78 is 0. The lowest BCUT2D eigenvalue weighted by atomic mass is 10.2. The zero-order chi connectivity index (χ0) is 16.5. The lowest BCUT2D eigenvalue weighted by Crippen LogP contribution is -2.19. The molecule has 0 saturated carbocycles. The molecule has 0 aliphatic rings. The molecule has 2 heterocycles. The lowest BCUT2D eigenvalue weighted by molar-refractivity contribution is 1.07. The third-order valence-electron chi connectivity index (χ3n) is 3.81. The Morgan fingerprint density at radius 3 is 2.42 bits per heavy atom. The Labute approximate surface area is 137 Å². The highest BCUT2D eigenvalue weighted by Gasteiger charge is 2.18. The number of rotatable bonds is 3. The number of imidazole rings is 1. The number of aromatic amines is 2. The zero-order valence-electron chi connectivity index (χ0n) is 13.0. The number of anilines is 3. The van der Waals surface area contributed by atoms with E-state index in [1.54, 1.807) is 6.33 Å². The van der Waals surface area contributed by atoms with Crippen molar-refractivity contribution in [2.24, 2.45) is 0 Å². The molecular weight excluding hydrogens is 302 g/mol. The van der Waals surface area contributed by atoms with E-state index in [9.17, 15) is 4.79 Å². The average Bonchev–Trinajstić information content (AvgIpc) is 3.06. The van der Waals surface area contributed by atoms with Gasteiger partial charge < -0.3 is 4.98 Å². The van der Waals surface area contributed by atoms with E-state index in [0.717, 1.165) is 16.9 Å². The van der Waals surface area contributed by atoms with Crippen LogP contribution >= 0.6 is 0 Å². The number of aromatic nitrogens is 4. The molecule has 0 fully saturated rings. The summed E-state index contributed by atoms with van der Waals surface area (Å²) >= 11 is 0. The van der Waals surface area contributed by atoms with Gasteiger partial charge in [0.15, 0.2) is 11.5 Å². The van der Waals surface area contributed by atoms with Crippen LogP contribution in [-0.2, 0) is 0 Å². The molecule has 2 N–H and O–H groups in total. The smallest absolute Gasteiger partial charge is 0.340 e. The van der Waals surface area contributed by atoms with Gasteiger partial charge in [-0.3, -0.25) is 9.88 Å². The first kappa shape index (κ1) is 14.2. The molecule has 0 aliphatic carbocycles. The van der Waals surface area contributed by atoms with Gasteiger partial charge in [-0.1, -0.05) is 35.9 Å². The summed E-state index contributed by atoms with van der Waals surface area (Å²) in [6.07, 6.45) is 1.55. The fourth-order valence-corrected chi connectivity index (χ4v) is 2.67. The number of para-hydroxylation sites is 1. The van der Waals surface area contributed by atoms with Crippen LogP contribution in [0.15, 0.2) is 65.7 Å². The molecule has 4 rings (SSSR count). The van der Waals surface area contributed by atoms with E-state index in [0.29, 0.717) is 17.0 Å². The van der Waals surface area contributed by atoms with Crippen molar-refractivity contribution in [3.05, 3.63) is 77.0 Å². The average molecular weight is 317 g/mol. The Morgan fingerprint density at radius 2 is 1.67 bits per heavy atom. The van der Waals surface area contributed by atoms with Crippen LogP contribution in [0.2, 0.25) is 0 Å². The van der Waals surface area contributed by atoms with Gasteiger partial charge in [-0.2, -0.15) is 4.98 Å². The van der Waals surface area contributed by atoms with Crippen LogP contribution in [0.1, 0.15) is 5.56 Å². The second-order valence-corrected chi connectivity index (χ2v) is 5.50. The summed E-state index contributed by atoms with van der Waals surface area (Å²) in [5.74, 6) is 0.515. The molecule has 118 valence electrons. The Morgan fingerprint density at radius 1 is 0.958 bits per heavy atom. The van der Waals surface area contributed by atoms with E-state index in [4.69, 9.17) is 0 Å². The van der Waals surface area contributed by atoms with Crippen LogP contribution in [0.3, 0.4) is 0 Å². The van der Waals surface area contributed by atoms with Gasteiger partial charge in [-0.25, -0.2) is 9.78 Å². The maximum absolute atomic E-state index is 12.0. The first-order chi connectivity index (χ1) is 11.7. The highest BCUT2D eigenvalue weighted by molar-refractivity contribution is 5.90. The van der Waals surface area contributed by atoms with Gasteiger partial charge in [0.1, 0.15) is 5.52 Å². The summed E-state index contributed by atoms with van der Waals surface area (Å²) in [5, 5.41) is 0. The standard InChI is InChI=1S/C18H15N5O/c1-12-7-9-14(10-8-12)23(13-5-3-2-4-6-13)17-15-16(20-11-19-15)21-18(24)22-17/h2-11H,1H3,(H2,19,20,21,22,24). The maximum Gasteiger partial charge on any atom is 0.348 e. The minimum atomic E-state index is -0.433. The van der Waals surface area contributed by atoms with Crippen LogP contribution in [0.4, 0.5) is 17.2 Å². The monoisotopic (exact) mass is 317 g/mol. The zero-order valence-corrected chi connectivity index (χ0v) is 13.0. The van der Waals surface area contributed by atoms with Crippen molar-refractivity contribution in [3.63, 3.8) is 0 Å². The molecule has 2 aromatic heterocycles. The number of benzene rings is 2. The number of aryl methyl sites for hydroxylation is 1. The van der Waals surface area contributed by atoms with E-state index in [1.165, 1.54) is 0 Å². The topological polar surface area (TPSA) is 77.7 Å². The number of H-pyrrole nitrogens is 2. The molecule has 2 aromatic carbocycles. The molecule has 0 saturated heterocycles. The van der Waals surface area contributed by atoms with Crippen molar-refractivity contribution >= 4 is 28.4 Å². The van der Waals surface area contributed by atoms with Crippen molar-refractivity contribution in [3.8, 4) is 0 Å². The number of fused-ring (bicyclic) bond motifs is 1. The molecule has 6 nitrogen and oxygen atoms in total.